The maximum Gasteiger partial charge on any atom is 0.338 e. The van der Waals surface area contributed by atoms with Gasteiger partial charge in [0.2, 0.25) is 0 Å². The zero-order valence-corrected chi connectivity index (χ0v) is 16.0. The van der Waals surface area contributed by atoms with Gasteiger partial charge in [0.1, 0.15) is 0 Å². The van der Waals surface area contributed by atoms with Gasteiger partial charge in [0, 0.05) is 10.4 Å². The molecule has 25 heavy (non-hydrogen) atoms. The molecule has 0 unspecified atom stereocenters. The van der Waals surface area contributed by atoms with Gasteiger partial charge in [-0.3, -0.25) is 0 Å². The Hall–Kier alpha value is -1.78. The van der Waals surface area contributed by atoms with E-state index in [2.05, 4.69) is 45.5 Å². The first-order chi connectivity index (χ1) is 12.1. The van der Waals surface area contributed by atoms with Crippen LogP contribution in [-0.4, -0.2) is 13.1 Å². The summed E-state index contributed by atoms with van der Waals surface area (Å²) in [7, 11) is 1.41. The zero-order valence-electron chi connectivity index (χ0n) is 13.6. The highest BCUT2D eigenvalue weighted by molar-refractivity contribution is 9.10. The Morgan fingerprint density at radius 2 is 2.08 bits per heavy atom. The third-order valence-corrected chi connectivity index (χ3v) is 6.15. The molecule has 0 bridgehead atoms. The van der Waals surface area contributed by atoms with Crippen molar-refractivity contribution >= 4 is 39.2 Å². The molecule has 3 nitrogen and oxygen atoms in total. The molecule has 5 heteroatoms. The van der Waals surface area contributed by atoms with Crippen molar-refractivity contribution in [2.24, 2.45) is 5.92 Å². The monoisotopic (exact) mass is 417 g/mol. The summed E-state index contributed by atoms with van der Waals surface area (Å²) in [5, 5.41) is 4.23. The van der Waals surface area contributed by atoms with Crippen LogP contribution in [0, 0.1) is 5.92 Å². The van der Waals surface area contributed by atoms with E-state index in [1.54, 1.807) is 12.1 Å². The van der Waals surface area contributed by atoms with E-state index in [0.717, 1.165) is 22.1 Å². The van der Waals surface area contributed by atoms with E-state index in [4.69, 9.17) is 16.3 Å². The van der Waals surface area contributed by atoms with Crippen LogP contribution < -0.4 is 5.32 Å². The van der Waals surface area contributed by atoms with Gasteiger partial charge in [-0.1, -0.05) is 57.9 Å². The van der Waals surface area contributed by atoms with Crippen molar-refractivity contribution in [3.05, 3.63) is 74.7 Å². The van der Waals surface area contributed by atoms with Crippen LogP contribution >= 0.6 is 27.5 Å². The number of anilines is 1. The summed E-state index contributed by atoms with van der Waals surface area (Å²) in [6.45, 7) is 0. The lowest BCUT2D eigenvalue weighted by molar-refractivity contribution is 0.0598. The molecule has 128 valence electrons. The zero-order chi connectivity index (χ0) is 17.6. The molecule has 0 radical (unpaired) electrons. The van der Waals surface area contributed by atoms with Crippen molar-refractivity contribution in [3.8, 4) is 0 Å². The van der Waals surface area contributed by atoms with Crippen LogP contribution in [0.2, 0.25) is 5.02 Å². The van der Waals surface area contributed by atoms with Crippen LogP contribution in [-0.2, 0) is 4.74 Å². The summed E-state index contributed by atoms with van der Waals surface area (Å²) in [5.74, 6) is 0.141. The predicted octanol–water partition coefficient (Wildman–Crippen LogP) is 5.72. The Morgan fingerprint density at radius 1 is 1.28 bits per heavy atom. The molecule has 0 amide bonds. The lowest BCUT2D eigenvalue weighted by atomic mass is 9.75. The minimum Gasteiger partial charge on any atom is -0.465 e. The molecule has 1 aliphatic heterocycles. The number of ether oxygens (including phenoxy) is 1. The SMILES string of the molecule is COC(=O)c1ccc(Cl)c2c1[C@@H]1C=CC[C@H]1[C@@H](c1ccccc1Br)N2. The van der Waals surface area contributed by atoms with Gasteiger partial charge >= 0.3 is 5.97 Å². The Labute approximate surface area is 160 Å². The molecule has 0 spiro atoms. The standard InChI is InChI=1S/C20H17BrClNO2/c1-25-20(24)14-9-10-16(22)19-17(14)11-6-4-7-12(11)18(23-19)13-5-2-3-8-15(13)21/h2-6,8-12,18,23H,7H2,1H3/t11-,12-,18+/m1/s1. The van der Waals surface area contributed by atoms with Crippen molar-refractivity contribution in [2.45, 2.75) is 18.4 Å². The van der Waals surface area contributed by atoms with E-state index in [-0.39, 0.29) is 17.9 Å². The molecule has 0 fully saturated rings. The topological polar surface area (TPSA) is 38.3 Å². The summed E-state index contributed by atoms with van der Waals surface area (Å²) in [6.07, 6.45) is 5.34. The normalized spacial score (nSPS) is 23.6. The second-order valence-corrected chi connectivity index (χ2v) is 7.63. The van der Waals surface area contributed by atoms with Crippen molar-refractivity contribution in [3.63, 3.8) is 0 Å². The molecular formula is C20H17BrClNO2. The molecule has 0 saturated heterocycles. The third-order valence-electron chi connectivity index (χ3n) is 5.11. The number of rotatable bonds is 2. The van der Waals surface area contributed by atoms with E-state index >= 15 is 0 Å². The molecular weight excluding hydrogens is 402 g/mol. The van der Waals surface area contributed by atoms with Gasteiger partial charge in [0.25, 0.3) is 0 Å². The van der Waals surface area contributed by atoms with Crippen molar-refractivity contribution in [1.82, 2.24) is 0 Å². The van der Waals surface area contributed by atoms with E-state index in [1.807, 2.05) is 12.1 Å². The maximum absolute atomic E-state index is 12.3. The molecule has 2 aromatic rings. The number of esters is 1. The van der Waals surface area contributed by atoms with E-state index in [9.17, 15) is 4.79 Å². The average molecular weight is 419 g/mol. The molecule has 1 aliphatic carbocycles. The van der Waals surface area contributed by atoms with Crippen LogP contribution in [0.4, 0.5) is 5.69 Å². The molecule has 0 saturated carbocycles. The molecule has 1 heterocycles. The van der Waals surface area contributed by atoms with Crippen LogP contribution in [0.25, 0.3) is 0 Å². The minimum atomic E-state index is -0.326. The summed E-state index contributed by atoms with van der Waals surface area (Å²) >= 11 is 10.2. The first-order valence-corrected chi connectivity index (χ1v) is 9.37. The number of nitrogens with one attached hydrogen (secondary N) is 1. The Morgan fingerprint density at radius 3 is 2.84 bits per heavy atom. The fraction of sp³-hybridized carbons (Fsp3) is 0.250. The highest BCUT2D eigenvalue weighted by atomic mass is 79.9. The Bertz CT molecular complexity index is 880. The van der Waals surface area contributed by atoms with Gasteiger partial charge in [-0.2, -0.15) is 0 Å². The van der Waals surface area contributed by atoms with Crippen LogP contribution in [0.3, 0.4) is 0 Å². The van der Waals surface area contributed by atoms with Gasteiger partial charge in [-0.05, 0) is 41.7 Å². The van der Waals surface area contributed by atoms with Crippen LogP contribution in [0.15, 0.2) is 53.0 Å². The van der Waals surface area contributed by atoms with Crippen molar-refractivity contribution in [1.29, 1.82) is 0 Å². The van der Waals surface area contributed by atoms with Gasteiger partial charge < -0.3 is 10.1 Å². The summed E-state index contributed by atoms with van der Waals surface area (Å²) < 4.78 is 6.05. The number of methoxy groups -OCH3 is 1. The van der Waals surface area contributed by atoms with Gasteiger partial charge in [-0.25, -0.2) is 4.79 Å². The number of halogens is 2. The number of hydrogen-bond donors (Lipinski definition) is 1. The molecule has 3 atom stereocenters. The molecule has 4 rings (SSSR count). The van der Waals surface area contributed by atoms with Crippen LogP contribution in [0.5, 0.6) is 0 Å². The first kappa shape index (κ1) is 16.7. The summed E-state index contributed by atoms with van der Waals surface area (Å²) in [6, 6.07) is 11.9. The van der Waals surface area contributed by atoms with Crippen molar-refractivity contribution < 1.29 is 9.53 Å². The summed E-state index contributed by atoms with van der Waals surface area (Å²) in [4.78, 5) is 12.3. The number of hydrogen-bond acceptors (Lipinski definition) is 3. The van der Waals surface area contributed by atoms with Crippen molar-refractivity contribution in [2.75, 3.05) is 12.4 Å². The second-order valence-electron chi connectivity index (χ2n) is 6.37. The molecule has 2 aliphatic rings. The van der Waals surface area contributed by atoms with Crippen LogP contribution in [0.1, 0.15) is 39.9 Å². The highest BCUT2D eigenvalue weighted by Gasteiger charge is 2.41. The smallest absolute Gasteiger partial charge is 0.338 e. The lowest BCUT2D eigenvalue weighted by Gasteiger charge is -2.39. The molecule has 1 N–H and O–H groups in total. The predicted molar refractivity (Wildman–Crippen MR) is 103 cm³/mol. The molecule has 0 aromatic heterocycles. The fourth-order valence-corrected chi connectivity index (χ4v) is 4.75. The van der Waals surface area contributed by atoms with Gasteiger partial charge in [0.15, 0.2) is 0 Å². The molecule has 2 aromatic carbocycles. The number of fused-ring (bicyclic) bond motifs is 3. The van der Waals surface area contributed by atoms with E-state index in [0.29, 0.717) is 16.5 Å². The van der Waals surface area contributed by atoms with E-state index < -0.39 is 0 Å². The Kier molecular flexibility index (Phi) is 4.34. The lowest BCUT2D eigenvalue weighted by Crippen LogP contribution is -2.31. The largest absolute Gasteiger partial charge is 0.465 e. The van der Waals surface area contributed by atoms with Gasteiger partial charge in [-0.15, -0.1) is 0 Å². The Balaban J connectivity index is 1.89. The second kappa shape index (κ2) is 6.50. The number of carbonyl (C=O) groups is 1. The number of benzene rings is 2. The van der Waals surface area contributed by atoms with E-state index in [1.165, 1.54) is 12.7 Å². The van der Waals surface area contributed by atoms with Gasteiger partial charge in [0.05, 0.1) is 29.4 Å². The number of allylic oxidation sites excluding steroid dienone is 2. The number of carbonyl (C=O) groups excluding carboxylic acids is 1. The quantitative estimate of drug-likeness (QED) is 0.501. The first-order valence-electron chi connectivity index (χ1n) is 8.20. The summed E-state index contributed by atoms with van der Waals surface area (Å²) in [5.41, 5.74) is 3.56. The maximum atomic E-state index is 12.3. The average Bonchev–Trinajstić information content (AvgIpc) is 3.11. The minimum absolute atomic E-state index is 0.119. The third kappa shape index (κ3) is 2.68. The highest BCUT2D eigenvalue weighted by Crippen LogP contribution is 2.53. The fourth-order valence-electron chi connectivity index (χ4n) is 4.00.